The maximum atomic E-state index is 12.2. The number of rotatable bonds is 4. The van der Waals surface area contributed by atoms with Gasteiger partial charge in [-0.3, -0.25) is 14.5 Å². The van der Waals surface area contributed by atoms with Gasteiger partial charge in [0.2, 0.25) is 5.91 Å². The van der Waals surface area contributed by atoms with E-state index in [0.29, 0.717) is 11.3 Å². The van der Waals surface area contributed by atoms with Crippen LogP contribution in [0.5, 0.6) is 0 Å². The molecule has 0 radical (unpaired) electrons. The Labute approximate surface area is 166 Å². The number of nitrogens with one attached hydrogen (secondary N) is 1. The molecule has 2 aliphatic rings. The van der Waals surface area contributed by atoms with Crippen LogP contribution in [0.4, 0.5) is 0 Å². The van der Waals surface area contributed by atoms with Gasteiger partial charge in [-0.05, 0) is 18.1 Å². The molecule has 1 aromatic rings. The summed E-state index contributed by atoms with van der Waals surface area (Å²) in [6.07, 6.45) is 0.185. The topological polar surface area (TPSA) is 89.5 Å². The van der Waals surface area contributed by atoms with Crippen LogP contribution >= 0.6 is 11.8 Å². The maximum absolute atomic E-state index is 12.2. The molecule has 0 saturated carbocycles. The zero-order valence-corrected chi connectivity index (χ0v) is 16.3. The second-order valence-electron chi connectivity index (χ2n) is 5.53. The predicted molar refractivity (Wildman–Crippen MR) is 82.9 cm³/mol. The normalized spacial score (nSPS) is 22.2. The van der Waals surface area contributed by atoms with E-state index < -0.39 is 17.9 Å². The zero-order valence-electron chi connectivity index (χ0n) is 13.4. The number of hydrogen-bond donors (Lipinski definition) is 1. The molecule has 2 aliphatic heterocycles. The van der Waals surface area contributed by atoms with Gasteiger partial charge in [-0.15, -0.1) is 11.8 Å². The minimum Gasteiger partial charge on any atom is -0.543 e. The van der Waals surface area contributed by atoms with E-state index in [-0.39, 0.29) is 53.0 Å². The molecule has 0 bridgehead atoms. The van der Waals surface area contributed by atoms with Gasteiger partial charge in [-0.2, -0.15) is 0 Å². The van der Waals surface area contributed by atoms with Gasteiger partial charge >= 0.3 is 29.6 Å². The number of hydrogen-bond acceptors (Lipinski definition) is 5. The van der Waals surface area contributed by atoms with Crippen molar-refractivity contribution in [2.75, 3.05) is 5.75 Å². The van der Waals surface area contributed by atoms with Gasteiger partial charge in [0.05, 0.1) is 18.1 Å². The second-order valence-corrected chi connectivity index (χ2v) is 6.64. The van der Waals surface area contributed by atoms with Crippen molar-refractivity contribution < 1.29 is 49.0 Å². The fraction of sp³-hybridized carbons (Fsp3) is 0.312. The van der Waals surface area contributed by atoms with E-state index in [1.54, 1.807) is 6.92 Å². The van der Waals surface area contributed by atoms with Crippen molar-refractivity contribution in [1.29, 1.82) is 0 Å². The summed E-state index contributed by atoms with van der Waals surface area (Å²) >= 11 is 1.44. The number of carbonyl (C=O) groups excluding carboxylic acids is 3. The van der Waals surface area contributed by atoms with Crippen LogP contribution in [0.15, 0.2) is 41.6 Å². The molecule has 120 valence electrons. The Kier molecular flexibility index (Phi) is 6.14. The minimum absolute atomic E-state index is 0. The minimum atomic E-state index is -1.35. The smallest absolute Gasteiger partial charge is 0.543 e. The molecule has 1 fully saturated rings. The number of nitrogens with zero attached hydrogens (tertiary/aromatic N) is 1. The van der Waals surface area contributed by atoms with Crippen molar-refractivity contribution >= 4 is 29.5 Å². The van der Waals surface area contributed by atoms with Gasteiger partial charge in [-0.25, -0.2) is 0 Å². The molecule has 2 amide bonds. The fourth-order valence-electron chi connectivity index (χ4n) is 2.77. The Balaban J connectivity index is 0.00000208. The van der Waals surface area contributed by atoms with Crippen molar-refractivity contribution in [2.45, 2.75) is 24.8 Å². The van der Waals surface area contributed by atoms with E-state index in [0.717, 1.165) is 5.56 Å². The fourth-order valence-corrected chi connectivity index (χ4v) is 4.06. The summed E-state index contributed by atoms with van der Waals surface area (Å²) < 4.78 is 0. The second kappa shape index (κ2) is 7.74. The van der Waals surface area contributed by atoms with Crippen molar-refractivity contribution in [3.05, 3.63) is 47.2 Å². The molecule has 6 nitrogen and oxygen atoms in total. The third-order valence-corrected chi connectivity index (χ3v) is 5.30. The average Bonchev–Trinajstić information content (AvgIpc) is 2.53. The molecule has 0 aliphatic carbocycles. The molecular weight excluding hydrogens is 339 g/mol. The number of fused-ring (bicyclic) bond motifs is 1. The summed E-state index contributed by atoms with van der Waals surface area (Å²) in [5, 5.41) is 13.5. The van der Waals surface area contributed by atoms with Gasteiger partial charge in [0.1, 0.15) is 11.4 Å². The number of amides is 2. The van der Waals surface area contributed by atoms with Crippen LogP contribution in [0.25, 0.3) is 0 Å². The molecule has 3 rings (SSSR count). The van der Waals surface area contributed by atoms with Crippen molar-refractivity contribution in [3.8, 4) is 0 Å². The molecule has 0 spiro atoms. The Morgan fingerprint density at radius 2 is 2.00 bits per heavy atom. The quantitative estimate of drug-likeness (QED) is 0.451. The van der Waals surface area contributed by atoms with Gasteiger partial charge in [0.25, 0.3) is 5.91 Å². The first-order chi connectivity index (χ1) is 11.0. The van der Waals surface area contributed by atoms with E-state index in [9.17, 15) is 19.5 Å². The molecule has 1 N–H and O–H groups in total. The van der Waals surface area contributed by atoms with E-state index in [4.69, 9.17) is 0 Å². The van der Waals surface area contributed by atoms with Gasteiger partial charge in [-0.1, -0.05) is 30.3 Å². The first kappa shape index (κ1) is 19.1. The SMILES string of the molecule is CC1=C(C(=O)[O-])N2C(=O)[C@@H](NC(=O)Cc3ccccc3)[C@H]2SC1.[Na+]. The van der Waals surface area contributed by atoms with Gasteiger partial charge in [0, 0.05) is 5.75 Å². The third-order valence-electron chi connectivity index (χ3n) is 3.88. The van der Waals surface area contributed by atoms with Crippen molar-refractivity contribution in [1.82, 2.24) is 10.2 Å². The molecule has 0 aromatic heterocycles. The van der Waals surface area contributed by atoms with Gasteiger partial charge in [0.15, 0.2) is 0 Å². The van der Waals surface area contributed by atoms with Crippen molar-refractivity contribution in [2.24, 2.45) is 0 Å². The summed E-state index contributed by atoms with van der Waals surface area (Å²) in [7, 11) is 0. The molecule has 1 aromatic carbocycles. The van der Waals surface area contributed by atoms with Crippen molar-refractivity contribution in [3.63, 3.8) is 0 Å². The number of carbonyl (C=O) groups is 3. The number of carboxylic acids is 1. The number of thioether (sulfide) groups is 1. The van der Waals surface area contributed by atoms with Crippen LogP contribution in [0.3, 0.4) is 0 Å². The molecule has 2 atom stereocenters. The Hall–Kier alpha value is -1.28. The zero-order chi connectivity index (χ0) is 16.6. The Morgan fingerprint density at radius 1 is 1.33 bits per heavy atom. The summed E-state index contributed by atoms with van der Waals surface area (Å²) in [5.74, 6) is -1.50. The average molecular weight is 354 g/mol. The first-order valence-corrected chi connectivity index (χ1v) is 8.23. The van der Waals surface area contributed by atoms with E-state index >= 15 is 0 Å². The Bertz CT molecular complexity index is 707. The predicted octanol–water partition coefficient (Wildman–Crippen LogP) is -3.34. The van der Waals surface area contributed by atoms with Crippen LogP contribution in [0.1, 0.15) is 12.5 Å². The molecule has 0 unspecified atom stereocenters. The van der Waals surface area contributed by atoms with Crippen LogP contribution in [-0.4, -0.2) is 39.9 Å². The molecule has 2 heterocycles. The Morgan fingerprint density at radius 3 is 2.62 bits per heavy atom. The summed E-state index contributed by atoms with van der Waals surface area (Å²) in [6.45, 7) is 1.67. The molecule has 1 saturated heterocycles. The molecule has 8 heteroatoms. The summed E-state index contributed by atoms with van der Waals surface area (Å²) in [5.41, 5.74) is 1.40. The van der Waals surface area contributed by atoms with Crippen LogP contribution in [0.2, 0.25) is 0 Å². The summed E-state index contributed by atoms with van der Waals surface area (Å²) in [4.78, 5) is 36.7. The largest absolute Gasteiger partial charge is 1.00 e. The van der Waals surface area contributed by atoms with Crippen LogP contribution < -0.4 is 40.0 Å². The van der Waals surface area contributed by atoms with E-state index in [1.165, 1.54) is 16.7 Å². The molecular formula is C16H15N2NaO4S. The number of benzene rings is 1. The monoisotopic (exact) mass is 354 g/mol. The van der Waals surface area contributed by atoms with E-state index in [1.807, 2.05) is 30.3 Å². The van der Waals surface area contributed by atoms with E-state index in [2.05, 4.69) is 5.32 Å². The van der Waals surface area contributed by atoms with Crippen LogP contribution in [-0.2, 0) is 20.8 Å². The molecule has 24 heavy (non-hydrogen) atoms. The number of aliphatic carboxylic acids is 1. The van der Waals surface area contributed by atoms with Gasteiger partial charge < -0.3 is 15.2 Å². The first-order valence-electron chi connectivity index (χ1n) is 7.18. The number of β-lactam (4-membered cyclic amide) rings is 1. The standard InChI is InChI=1S/C16H16N2O4S.Na/c1-9-8-23-15-12(14(20)18(15)13(9)16(21)22)17-11(19)7-10-5-3-2-4-6-10;/h2-6,12,15H,7-8H2,1H3,(H,17,19)(H,21,22);/q;+1/p-1/t12-,15-;/m1./s1. The maximum Gasteiger partial charge on any atom is 1.00 e. The summed E-state index contributed by atoms with van der Waals surface area (Å²) in [6, 6.07) is 8.54. The number of carboxylic acid groups (broad SMARTS) is 1. The van der Waals surface area contributed by atoms with Crippen LogP contribution in [0, 0.1) is 0 Å². The third kappa shape index (κ3) is 3.54.